The summed E-state index contributed by atoms with van der Waals surface area (Å²) in [4.78, 5) is 0. The lowest BCUT2D eigenvalue weighted by molar-refractivity contribution is 0.337. The molecule has 0 N–H and O–H groups in total. The van der Waals surface area contributed by atoms with E-state index >= 15 is 0 Å². The lowest BCUT2D eigenvalue weighted by Gasteiger charge is -2.06. The molecule has 0 unspecified atom stereocenters. The average molecular weight is 177 g/mol. The van der Waals surface area contributed by atoms with Gasteiger partial charge in [-0.3, -0.25) is 0 Å². The van der Waals surface area contributed by atoms with E-state index in [1.807, 2.05) is 6.07 Å². The van der Waals surface area contributed by atoms with Crippen molar-refractivity contribution in [2.75, 3.05) is 0 Å². The normalized spacial score (nSPS) is 10.2. The fourth-order valence-electron chi connectivity index (χ4n) is 1.29. The highest BCUT2D eigenvalue weighted by Gasteiger charge is 1.98. The molecule has 0 saturated carbocycles. The predicted octanol–water partition coefficient (Wildman–Crippen LogP) is 2.24. The van der Waals surface area contributed by atoms with Gasteiger partial charge in [-0.15, -0.1) is 0 Å². The van der Waals surface area contributed by atoms with Crippen LogP contribution in [-0.4, -0.2) is 10.5 Å². The number of benzene rings is 1. The van der Waals surface area contributed by atoms with Gasteiger partial charge < -0.3 is 4.43 Å². The van der Waals surface area contributed by atoms with Crippen LogP contribution in [0, 0.1) is 0 Å². The summed E-state index contributed by atoms with van der Waals surface area (Å²) in [6.45, 7) is 2.83. The summed E-state index contributed by atoms with van der Waals surface area (Å²) in [6, 6.07) is 8.37. The maximum absolute atomic E-state index is 4.92. The molecule has 0 spiro atoms. The summed E-state index contributed by atoms with van der Waals surface area (Å²) in [7, 11) is 3.02. The molecule has 1 nitrogen and oxygen atoms in total. The molecule has 0 saturated heterocycles. The zero-order chi connectivity index (χ0) is 8.81. The van der Waals surface area contributed by atoms with Gasteiger partial charge in [0.25, 0.3) is 0 Å². The van der Waals surface area contributed by atoms with Crippen LogP contribution >= 0.6 is 0 Å². The minimum Gasteiger partial charge on any atom is -0.414 e. The molecule has 0 aromatic heterocycles. The van der Waals surface area contributed by atoms with E-state index in [2.05, 4.69) is 35.6 Å². The summed E-state index contributed by atoms with van der Waals surface area (Å²) in [5.41, 5.74) is 2.66. The van der Waals surface area contributed by atoms with Gasteiger partial charge in [0.1, 0.15) is 0 Å². The Morgan fingerprint density at radius 2 is 1.92 bits per heavy atom. The zero-order valence-corrected chi connectivity index (χ0v) is 8.34. The Labute approximate surface area is 77.3 Å². The lowest BCUT2D eigenvalue weighted by Crippen LogP contribution is -1.95. The second-order valence-electron chi connectivity index (χ2n) is 2.81. The summed E-state index contributed by atoms with van der Waals surface area (Å²) in [6.07, 6.45) is 2.31. The van der Waals surface area contributed by atoms with Crippen LogP contribution in [0.25, 0.3) is 0 Å². The SMILES string of the molecule is CCCc1ccccc1CO[Si]. The molecule has 0 heterocycles. The average Bonchev–Trinajstić information content (AvgIpc) is 2.09. The van der Waals surface area contributed by atoms with E-state index < -0.39 is 0 Å². The summed E-state index contributed by atoms with van der Waals surface area (Å²) >= 11 is 0. The Morgan fingerprint density at radius 1 is 1.25 bits per heavy atom. The fraction of sp³-hybridized carbons (Fsp3) is 0.400. The minimum absolute atomic E-state index is 0.646. The quantitative estimate of drug-likeness (QED) is 0.641. The molecule has 0 aliphatic carbocycles. The smallest absolute Gasteiger partial charge is 0.246 e. The first-order valence-electron chi connectivity index (χ1n) is 4.23. The van der Waals surface area contributed by atoms with Crippen molar-refractivity contribution < 1.29 is 4.43 Å². The first kappa shape index (κ1) is 9.48. The van der Waals surface area contributed by atoms with Gasteiger partial charge in [-0.05, 0) is 17.5 Å². The first-order valence-corrected chi connectivity index (χ1v) is 4.64. The van der Waals surface area contributed by atoms with Crippen LogP contribution in [0.1, 0.15) is 24.5 Å². The molecule has 0 aliphatic rings. The maximum atomic E-state index is 4.92. The Hall–Kier alpha value is -0.603. The van der Waals surface area contributed by atoms with Crippen LogP contribution in [0.5, 0.6) is 0 Å². The van der Waals surface area contributed by atoms with Crippen molar-refractivity contribution in [1.82, 2.24) is 0 Å². The summed E-state index contributed by atoms with van der Waals surface area (Å²) in [5, 5.41) is 0. The Kier molecular flexibility index (Phi) is 4.04. The lowest BCUT2D eigenvalue weighted by atomic mass is 10.0. The molecule has 12 heavy (non-hydrogen) atoms. The van der Waals surface area contributed by atoms with Crippen LogP contribution in [0.2, 0.25) is 0 Å². The van der Waals surface area contributed by atoms with Crippen molar-refractivity contribution in [1.29, 1.82) is 0 Å². The summed E-state index contributed by atoms with van der Waals surface area (Å²) < 4.78 is 4.92. The van der Waals surface area contributed by atoms with Crippen molar-refractivity contribution in [3.8, 4) is 0 Å². The Balaban J connectivity index is 2.77. The van der Waals surface area contributed by atoms with Gasteiger partial charge in [-0.1, -0.05) is 37.6 Å². The van der Waals surface area contributed by atoms with Crippen LogP contribution in [0.15, 0.2) is 24.3 Å². The van der Waals surface area contributed by atoms with Gasteiger partial charge >= 0.3 is 0 Å². The predicted molar refractivity (Wildman–Crippen MR) is 51.0 cm³/mol. The molecule has 2 heteroatoms. The molecule has 0 amide bonds. The molecule has 0 aliphatic heterocycles. The number of hydrogen-bond donors (Lipinski definition) is 0. The van der Waals surface area contributed by atoms with E-state index in [0.29, 0.717) is 6.61 Å². The molecule has 1 aromatic carbocycles. The van der Waals surface area contributed by atoms with Gasteiger partial charge in [-0.2, -0.15) is 0 Å². The number of hydrogen-bond acceptors (Lipinski definition) is 1. The van der Waals surface area contributed by atoms with Crippen LogP contribution < -0.4 is 0 Å². The highest BCUT2D eigenvalue weighted by Crippen LogP contribution is 2.11. The highest BCUT2D eigenvalue weighted by atomic mass is 28.2. The second kappa shape index (κ2) is 5.12. The van der Waals surface area contributed by atoms with Gasteiger partial charge in [0, 0.05) is 0 Å². The monoisotopic (exact) mass is 177 g/mol. The van der Waals surface area contributed by atoms with Crippen molar-refractivity contribution in [3.05, 3.63) is 35.4 Å². The third kappa shape index (κ3) is 2.46. The number of rotatable bonds is 4. The molecule has 3 radical (unpaired) electrons. The largest absolute Gasteiger partial charge is 0.414 e. The van der Waals surface area contributed by atoms with Gasteiger partial charge in [0.2, 0.25) is 10.5 Å². The van der Waals surface area contributed by atoms with Crippen molar-refractivity contribution in [2.45, 2.75) is 26.4 Å². The zero-order valence-electron chi connectivity index (χ0n) is 7.34. The van der Waals surface area contributed by atoms with Crippen LogP contribution in [0.3, 0.4) is 0 Å². The molecule has 0 atom stereocenters. The molecular weight excluding hydrogens is 164 g/mol. The van der Waals surface area contributed by atoms with E-state index in [9.17, 15) is 0 Å². The van der Waals surface area contributed by atoms with E-state index in [4.69, 9.17) is 4.43 Å². The number of aryl methyl sites for hydroxylation is 1. The van der Waals surface area contributed by atoms with Crippen molar-refractivity contribution in [3.63, 3.8) is 0 Å². The van der Waals surface area contributed by atoms with Gasteiger partial charge in [-0.25, -0.2) is 0 Å². The first-order chi connectivity index (χ1) is 5.88. The second-order valence-corrected chi connectivity index (χ2v) is 3.10. The molecule has 0 bridgehead atoms. The molecule has 1 rings (SSSR count). The highest BCUT2D eigenvalue weighted by molar-refractivity contribution is 5.97. The standard InChI is InChI=1S/C10H13OSi/c1-2-5-9-6-3-4-7-10(9)8-11-12/h3-4,6-7H,2,5,8H2,1H3. The summed E-state index contributed by atoms with van der Waals surface area (Å²) in [5.74, 6) is 0. The third-order valence-corrected chi connectivity index (χ3v) is 2.01. The Bertz CT molecular complexity index is 210. The molecule has 63 valence electrons. The third-order valence-electron chi connectivity index (χ3n) is 1.87. The Morgan fingerprint density at radius 3 is 2.50 bits per heavy atom. The van der Waals surface area contributed by atoms with E-state index in [0.717, 1.165) is 6.42 Å². The van der Waals surface area contributed by atoms with Crippen LogP contribution in [0.4, 0.5) is 0 Å². The van der Waals surface area contributed by atoms with Crippen LogP contribution in [-0.2, 0) is 17.5 Å². The van der Waals surface area contributed by atoms with Gasteiger partial charge in [0.05, 0.1) is 6.61 Å². The molecule has 0 fully saturated rings. The van der Waals surface area contributed by atoms with E-state index in [-0.39, 0.29) is 0 Å². The minimum atomic E-state index is 0.646. The maximum Gasteiger partial charge on any atom is 0.246 e. The fourth-order valence-corrected chi connectivity index (χ4v) is 1.44. The molecule has 1 aromatic rings. The topological polar surface area (TPSA) is 9.23 Å². The van der Waals surface area contributed by atoms with Gasteiger partial charge in [0.15, 0.2) is 0 Å². The van der Waals surface area contributed by atoms with E-state index in [1.165, 1.54) is 17.5 Å². The van der Waals surface area contributed by atoms with E-state index in [1.54, 1.807) is 0 Å². The van der Waals surface area contributed by atoms with Crippen molar-refractivity contribution in [2.24, 2.45) is 0 Å². The molecular formula is C10H13OSi. The van der Waals surface area contributed by atoms with Crippen molar-refractivity contribution >= 4 is 10.5 Å².